The molecule has 0 amide bonds. The highest BCUT2D eigenvalue weighted by Crippen LogP contribution is 2.28. The molecule has 1 aromatic heterocycles. The van der Waals surface area contributed by atoms with Crippen molar-refractivity contribution in [3.8, 4) is 0 Å². The normalized spacial score (nSPS) is 11.0. The Balaban J connectivity index is 1.83. The fraction of sp³-hybridized carbons (Fsp3) is 0.750. The summed E-state index contributed by atoms with van der Waals surface area (Å²) < 4.78 is 1.29. The molecule has 0 fully saturated rings. The Morgan fingerprint density at radius 3 is 1.87 bits per heavy atom. The van der Waals surface area contributed by atoms with Crippen LogP contribution in [0.2, 0.25) is 0 Å². The number of Topliss-reactive ketones (excluding diaryl/α,β-unsaturated/α-hetero) is 1. The average molecular weight is 355 g/mol. The summed E-state index contributed by atoms with van der Waals surface area (Å²) in [7, 11) is 0. The molecule has 0 N–H and O–H groups in total. The second-order valence-corrected chi connectivity index (χ2v) is 8.89. The van der Waals surface area contributed by atoms with Crippen molar-refractivity contribution in [2.45, 2.75) is 95.1 Å². The zero-order chi connectivity index (χ0) is 16.8. The largest absolute Gasteiger partial charge is 0.294 e. The van der Waals surface area contributed by atoms with Gasteiger partial charge in [0.2, 0.25) is 0 Å². The standard InChI is InChI=1S/C20H34OS2/c1-3-4-5-6-7-8-9-10-11-12-13-14-17-22-20-16-15-19(23-20)18(2)21/h15-16H,3-14,17H2,1-2H3. The molecule has 0 aromatic carbocycles. The van der Waals surface area contributed by atoms with Gasteiger partial charge in [-0.25, -0.2) is 0 Å². The maximum absolute atomic E-state index is 11.2. The van der Waals surface area contributed by atoms with E-state index in [4.69, 9.17) is 0 Å². The Labute approximate surface area is 151 Å². The number of hydrogen-bond donors (Lipinski definition) is 0. The summed E-state index contributed by atoms with van der Waals surface area (Å²) >= 11 is 3.54. The Bertz CT molecular complexity index is 412. The van der Waals surface area contributed by atoms with Crippen LogP contribution in [0.25, 0.3) is 0 Å². The number of rotatable bonds is 15. The maximum Gasteiger partial charge on any atom is 0.169 e. The van der Waals surface area contributed by atoms with Gasteiger partial charge in [-0.15, -0.1) is 23.1 Å². The van der Waals surface area contributed by atoms with E-state index >= 15 is 0 Å². The summed E-state index contributed by atoms with van der Waals surface area (Å²) in [5.74, 6) is 1.38. The predicted molar refractivity (Wildman–Crippen MR) is 106 cm³/mol. The van der Waals surface area contributed by atoms with Crippen LogP contribution in [0.4, 0.5) is 0 Å². The molecule has 0 saturated heterocycles. The lowest BCUT2D eigenvalue weighted by Gasteiger charge is -2.02. The molecule has 132 valence electrons. The van der Waals surface area contributed by atoms with Gasteiger partial charge in [-0.3, -0.25) is 4.79 Å². The first-order valence-electron chi connectivity index (χ1n) is 9.47. The van der Waals surface area contributed by atoms with Crippen molar-refractivity contribution in [1.82, 2.24) is 0 Å². The highest BCUT2D eigenvalue weighted by Gasteiger charge is 2.04. The molecule has 0 aliphatic carbocycles. The van der Waals surface area contributed by atoms with Crippen LogP contribution in [0.15, 0.2) is 16.3 Å². The molecule has 0 saturated carbocycles. The Morgan fingerprint density at radius 2 is 1.39 bits per heavy atom. The minimum atomic E-state index is 0.187. The van der Waals surface area contributed by atoms with Crippen LogP contribution in [0.5, 0.6) is 0 Å². The molecule has 0 aliphatic rings. The molecule has 3 heteroatoms. The Morgan fingerprint density at radius 1 is 0.870 bits per heavy atom. The van der Waals surface area contributed by atoms with Crippen LogP contribution in [0, 0.1) is 0 Å². The number of thioether (sulfide) groups is 1. The van der Waals surface area contributed by atoms with E-state index in [9.17, 15) is 4.79 Å². The number of unbranched alkanes of at least 4 members (excludes halogenated alkanes) is 11. The molecular weight excluding hydrogens is 320 g/mol. The van der Waals surface area contributed by atoms with Gasteiger partial charge in [0.1, 0.15) is 0 Å². The molecular formula is C20H34OS2. The predicted octanol–water partition coefficient (Wildman–Crippen LogP) is 7.74. The van der Waals surface area contributed by atoms with Crippen molar-refractivity contribution >= 4 is 28.9 Å². The van der Waals surface area contributed by atoms with Crippen molar-refractivity contribution in [1.29, 1.82) is 0 Å². The fourth-order valence-corrected chi connectivity index (χ4v) is 4.80. The minimum Gasteiger partial charge on any atom is -0.294 e. The van der Waals surface area contributed by atoms with Crippen LogP contribution >= 0.6 is 23.1 Å². The van der Waals surface area contributed by atoms with E-state index in [1.165, 1.54) is 87.0 Å². The van der Waals surface area contributed by atoms with Gasteiger partial charge < -0.3 is 0 Å². The van der Waals surface area contributed by atoms with Crippen molar-refractivity contribution in [2.24, 2.45) is 0 Å². The molecule has 1 heterocycles. The maximum atomic E-state index is 11.2. The molecule has 1 rings (SSSR count). The molecule has 0 unspecified atom stereocenters. The van der Waals surface area contributed by atoms with Crippen molar-refractivity contribution in [2.75, 3.05) is 5.75 Å². The first-order valence-corrected chi connectivity index (χ1v) is 11.3. The van der Waals surface area contributed by atoms with E-state index in [0.717, 1.165) is 4.88 Å². The summed E-state index contributed by atoms with van der Waals surface area (Å²) in [5.41, 5.74) is 0. The highest BCUT2D eigenvalue weighted by atomic mass is 32.2. The molecule has 23 heavy (non-hydrogen) atoms. The summed E-state index contributed by atoms with van der Waals surface area (Å²) in [4.78, 5) is 12.1. The quantitative estimate of drug-likeness (QED) is 0.182. The topological polar surface area (TPSA) is 17.1 Å². The van der Waals surface area contributed by atoms with Gasteiger partial charge in [0.05, 0.1) is 9.09 Å². The third kappa shape index (κ3) is 11.0. The van der Waals surface area contributed by atoms with Crippen LogP contribution in [0.1, 0.15) is 101 Å². The molecule has 0 bridgehead atoms. The molecule has 0 aliphatic heterocycles. The lowest BCUT2D eigenvalue weighted by molar-refractivity contribution is 0.102. The highest BCUT2D eigenvalue weighted by molar-refractivity contribution is 8.01. The summed E-state index contributed by atoms with van der Waals surface area (Å²) in [5, 5.41) is 0. The Hall–Kier alpha value is -0.280. The number of thiophene rings is 1. The summed E-state index contributed by atoms with van der Waals surface area (Å²) in [6.07, 6.45) is 16.8. The number of ketones is 1. The van der Waals surface area contributed by atoms with E-state index in [1.54, 1.807) is 18.3 Å². The molecule has 1 nitrogen and oxygen atoms in total. The van der Waals surface area contributed by atoms with Gasteiger partial charge in [0, 0.05) is 0 Å². The van der Waals surface area contributed by atoms with Gasteiger partial charge in [0.25, 0.3) is 0 Å². The van der Waals surface area contributed by atoms with E-state index < -0.39 is 0 Å². The minimum absolute atomic E-state index is 0.187. The lowest BCUT2D eigenvalue weighted by atomic mass is 10.1. The first kappa shape index (κ1) is 20.8. The summed E-state index contributed by atoms with van der Waals surface area (Å²) in [6.45, 7) is 3.92. The molecule has 0 atom stereocenters. The summed E-state index contributed by atoms with van der Waals surface area (Å²) in [6, 6.07) is 4.05. The zero-order valence-electron chi connectivity index (χ0n) is 15.1. The number of hydrogen-bond acceptors (Lipinski definition) is 3. The van der Waals surface area contributed by atoms with Gasteiger partial charge >= 0.3 is 0 Å². The lowest BCUT2D eigenvalue weighted by Crippen LogP contribution is -1.84. The fourth-order valence-electron chi connectivity index (χ4n) is 2.70. The van der Waals surface area contributed by atoms with E-state index in [-0.39, 0.29) is 5.78 Å². The second-order valence-electron chi connectivity index (χ2n) is 6.41. The van der Waals surface area contributed by atoms with Gasteiger partial charge in [0.15, 0.2) is 5.78 Å². The van der Waals surface area contributed by atoms with Gasteiger partial charge in [-0.05, 0) is 31.2 Å². The SMILES string of the molecule is CCCCCCCCCCCCCCSc1ccc(C(C)=O)s1. The van der Waals surface area contributed by atoms with E-state index in [0.29, 0.717) is 0 Å². The van der Waals surface area contributed by atoms with Crippen LogP contribution < -0.4 is 0 Å². The first-order chi connectivity index (χ1) is 11.2. The average Bonchev–Trinajstić information content (AvgIpc) is 3.01. The Kier molecular flexibility index (Phi) is 12.7. The molecule has 1 aromatic rings. The van der Waals surface area contributed by atoms with Gasteiger partial charge in [-0.2, -0.15) is 0 Å². The zero-order valence-corrected chi connectivity index (χ0v) is 16.7. The van der Waals surface area contributed by atoms with Crippen LogP contribution in [-0.4, -0.2) is 11.5 Å². The second kappa shape index (κ2) is 14.1. The molecule has 0 radical (unpaired) electrons. The third-order valence-electron chi connectivity index (χ3n) is 4.17. The number of carbonyl (C=O) groups excluding carboxylic acids is 1. The third-order valence-corrected chi connectivity index (χ3v) is 6.67. The van der Waals surface area contributed by atoms with Crippen molar-refractivity contribution in [3.63, 3.8) is 0 Å². The van der Waals surface area contributed by atoms with Crippen molar-refractivity contribution < 1.29 is 4.79 Å². The van der Waals surface area contributed by atoms with Gasteiger partial charge in [-0.1, -0.05) is 77.6 Å². The van der Waals surface area contributed by atoms with E-state index in [2.05, 4.69) is 13.0 Å². The van der Waals surface area contributed by atoms with E-state index in [1.807, 2.05) is 17.8 Å². The smallest absolute Gasteiger partial charge is 0.169 e. The molecule has 0 spiro atoms. The number of carbonyl (C=O) groups is 1. The monoisotopic (exact) mass is 354 g/mol. The van der Waals surface area contributed by atoms with Crippen molar-refractivity contribution in [3.05, 3.63) is 17.0 Å². The van der Waals surface area contributed by atoms with Crippen LogP contribution in [-0.2, 0) is 0 Å². The van der Waals surface area contributed by atoms with Crippen LogP contribution in [0.3, 0.4) is 0 Å².